The maximum Gasteiger partial charge on any atom is 0.416 e. The van der Waals surface area contributed by atoms with Crippen LogP contribution in [0, 0.1) is 0 Å². The molecule has 0 unspecified atom stereocenters. The van der Waals surface area contributed by atoms with Crippen molar-refractivity contribution in [3.63, 3.8) is 0 Å². The van der Waals surface area contributed by atoms with E-state index < -0.39 is 36.4 Å². The molecule has 196 valence electrons. The standard InChI is InChI=1S/C24H21F6N5O2/c25-23(26,27)13-34-7-8-35-18(11-34)20(17-3-1-2-6-31-17)21(33-35)22(36)32-16-10-14-9-15(24(28,29)30)4-5-19(14)37-12-16/h1-6,9,16H,7-8,10-13H2,(H,32,36)/t16-/m1/s1. The Morgan fingerprint density at radius 3 is 2.62 bits per heavy atom. The molecule has 7 nitrogen and oxygen atoms in total. The lowest BCUT2D eigenvalue weighted by Crippen LogP contribution is -2.43. The molecule has 2 aromatic heterocycles. The Morgan fingerprint density at radius 2 is 1.92 bits per heavy atom. The Balaban J connectivity index is 1.41. The van der Waals surface area contributed by atoms with Crippen LogP contribution in [-0.4, -0.2) is 57.5 Å². The van der Waals surface area contributed by atoms with E-state index in [-0.39, 0.29) is 38.4 Å². The van der Waals surface area contributed by atoms with E-state index in [1.54, 1.807) is 18.2 Å². The molecule has 2 aliphatic rings. The van der Waals surface area contributed by atoms with Crippen LogP contribution in [0.4, 0.5) is 26.3 Å². The first kappa shape index (κ1) is 25.1. The van der Waals surface area contributed by atoms with Crippen molar-refractivity contribution >= 4 is 5.91 Å². The number of rotatable bonds is 4. The Bertz CT molecular complexity index is 1310. The predicted molar refractivity (Wildman–Crippen MR) is 119 cm³/mol. The maximum atomic E-state index is 13.3. The van der Waals surface area contributed by atoms with E-state index in [4.69, 9.17) is 4.74 Å². The van der Waals surface area contributed by atoms with E-state index in [2.05, 4.69) is 15.4 Å². The summed E-state index contributed by atoms with van der Waals surface area (Å²) in [4.78, 5) is 18.8. The van der Waals surface area contributed by atoms with E-state index in [0.717, 1.165) is 12.1 Å². The maximum absolute atomic E-state index is 13.3. The number of amides is 1. The number of nitrogens with one attached hydrogen (secondary N) is 1. The quantitative estimate of drug-likeness (QED) is 0.520. The van der Waals surface area contributed by atoms with Crippen LogP contribution in [0.1, 0.15) is 27.3 Å². The van der Waals surface area contributed by atoms with Gasteiger partial charge in [0.2, 0.25) is 0 Å². The van der Waals surface area contributed by atoms with Crippen LogP contribution >= 0.6 is 0 Å². The summed E-state index contributed by atoms with van der Waals surface area (Å²) in [5, 5.41) is 7.14. The zero-order valence-corrected chi connectivity index (χ0v) is 19.2. The van der Waals surface area contributed by atoms with Crippen molar-refractivity contribution in [3.8, 4) is 17.0 Å². The van der Waals surface area contributed by atoms with Crippen molar-refractivity contribution in [3.05, 3.63) is 65.1 Å². The molecule has 4 heterocycles. The van der Waals surface area contributed by atoms with Gasteiger partial charge in [-0.2, -0.15) is 31.4 Å². The number of aromatic nitrogens is 3. The third kappa shape index (κ3) is 5.41. The lowest BCUT2D eigenvalue weighted by atomic mass is 9.99. The number of carbonyl (C=O) groups is 1. The second-order valence-corrected chi connectivity index (χ2v) is 8.94. The summed E-state index contributed by atoms with van der Waals surface area (Å²) < 4.78 is 85.5. The highest BCUT2D eigenvalue weighted by Gasteiger charge is 2.36. The summed E-state index contributed by atoms with van der Waals surface area (Å²) in [6.45, 7) is -0.883. The number of hydrogen-bond donors (Lipinski definition) is 1. The Hall–Kier alpha value is -3.61. The third-order valence-corrected chi connectivity index (χ3v) is 6.23. The van der Waals surface area contributed by atoms with E-state index in [0.29, 0.717) is 28.3 Å². The molecule has 13 heteroatoms. The third-order valence-electron chi connectivity index (χ3n) is 6.23. The van der Waals surface area contributed by atoms with Gasteiger partial charge in [0, 0.05) is 19.3 Å². The van der Waals surface area contributed by atoms with E-state index >= 15 is 0 Å². The first-order valence-corrected chi connectivity index (χ1v) is 11.4. The minimum atomic E-state index is -4.52. The predicted octanol–water partition coefficient (Wildman–Crippen LogP) is 4.08. The molecule has 37 heavy (non-hydrogen) atoms. The zero-order chi connectivity index (χ0) is 26.4. The van der Waals surface area contributed by atoms with Crippen molar-refractivity contribution in [2.24, 2.45) is 0 Å². The van der Waals surface area contributed by atoms with E-state index in [1.807, 2.05) is 0 Å². The van der Waals surface area contributed by atoms with Crippen LogP contribution in [0.2, 0.25) is 0 Å². The number of hydrogen-bond acceptors (Lipinski definition) is 5. The number of benzene rings is 1. The average Bonchev–Trinajstić information content (AvgIpc) is 3.21. The molecule has 1 amide bonds. The Morgan fingerprint density at radius 1 is 1.11 bits per heavy atom. The summed E-state index contributed by atoms with van der Waals surface area (Å²) in [6, 6.07) is 7.55. The summed E-state index contributed by atoms with van der Waals surface area (Å²) in [5.74, 6) is -0.302. The lowest BCUT2D eigenvalue weighted by Gasteiger charge is -2.28. The van der Waals surface area contributed by atoms with Crippen molar-refractivity contribution in [1.29, 1.82) is 0 Å². The second kappa shape index (κ2) is 9.36. The molecule has 0 fully saturated rings. The molecule has 2 aliphatic heterocycles. The van der Waals surface area contributed by atoms with Crippen molar-refractivity contribution < 1.29 is 35.9 Å². The van der Waals surface area contributed by atoms with Gasteiger partial charge in [-0.3, -0.25) is 19.4 Å². The van der Waals surface area contributed by atoms with Gasteiger partial charge in [0.25, 0.3) is 5.91 Å². The van der Waals surface area contributed by atoms with Crippen LogP contribution in [-0.2, 0) is 25.7 Å². The van der Waals surface area contributed by atoms with Gasteiger partial charge in [0.05, 0.1) is 41.6 Å². The second-order valence-electron chi connectivity index (χ2n) is 8.94. The molecule has 1 N–H and O–H groups in total. The number of pyridine rings is 1. The van der Waals surface area contributed by atoms with Gasteiger partial charge in [-0.1, -0.05) is 6.07 Å². The fourth-order valence-corrected chi connectivity index (χ4v) is 4.61. The molecule has 0 spiro atoms. The summed E-state index contributed by atoms with van der Waals surface area (Å²) in [5.41, 5.74) is 0.605. The molecule has 5 rings (SSSR count). The molecular formula is C24H21F6N5O2. The molecule has 1 atom stereocenters. The molecule has 0 saturated carbocycles. The van der Waals surface area contributed by atoms with E-state index in [1.165, 1.54) is 21.8 Å². The first-order chi connectivity index (χ1) is 17.5. The minimum Gasteiger partial charge on any atom is -0.491 e. The number of fused-ring (bicyclic) bond motifs is 2. The fraction of sp³-hybridized carbons (Fsp3) is 0.375. The van der Waals surface area contributed by atoms with Crippen LogP contribution in [0.3, 0.4) is 0 Å². The summed E-state index contributed by atoms with van der Waals surface area (Å²) >= 11 is 0. The fourth-order valence-electron chi connectivity index (χ4n) is 4.61. The van der Waals surface area contributed by atoms with Crippen LogP contribution < -0.4 is 10.1 Å². The molecule has 0 radical (unpaired) electrons. The van der Waals surface area contributed by atoms with E-state index in [9.17, 15) is 31.1 Å². The number of carbonyl (C=O) groups excluding carboxylic acids is 1. The summed E-state index contributed by atoms with van der Waals surface area (Å²) in [7, 11) is 0. The number of halogens is 6. The summed E-state index contributed by atoms with van der Waals surface area (Å²) in [6.07, 6.45) is -7.28. The average molecular weight is 525 g/mol. The smallest absolute Gasteiger partial charge is 0.416 e. The van der Waals surface area contributed by atoms with Gasteiger partial charge < -0.3 is 10.1 Å². The van der Waals surface area contributed by atoms with Crippen molar-refractivity contribution in [1.82, 2.24) is 25.0 Å². The lowest BCUT2D eigenvalue weighted by molar-refractivity contribution is -0.148. The largest absolute Gasteiger partial charge is 0.491 e. The number of ether oxygens (including phenoxy) is 1. The number of nitrogens with zero attached hydrogens (tertiary/aromatic N) is 4. The molecule has 0 aliphatic carbocycles. The zero-order valence-electron chi connectivity index (χ0n) is 19.2. The SMILES string of the molecule is O=C(N[C@H]1COc2ccc(C(F)(F)F)cc2C1)c1nn2c(c1-c1ccccn1)CN(CC(F)(F)F)CC2. The molecule has 0 saturated heterocycles. The van der Waals surface area contributed by atoms with Crippen molar-refractivity contribution in [2.75, 3.05) is 19.7 Å². The van der Waals surface area contributed by atoms with Crippen molar-refractivity contribution in [2.45, 2.75) is 37.9 Å². The molecule has 3 aromatic rings. The highest BCUT2D eigenvalue weighted by molar-refractivity contribution is 5.99. The molecule has 0 bridgehead atoms. The molecule has 1 aromatic carbocycles. The highest BCUT2D eigenvalue weighted by Crippen LogP contribution is 2.35. The van der Waals surface area contributed by atoms with Gasteiger partial charge in [0.15, 0.2) is 5.69 Å². The Labute approximate surface area is 207 Å². The van der Waals surface area contributed by atoms with Gasteiger partial charge in [-0.05, 0) is 42.3 Å². The topological polar surface area (TPSA) is 72.3 Å². The van der Waals surface area contributed by atoms with Crippen LogP contribution in [0.5, 0.6) is 5.75 Å². The Kier molecular flexibility index (Phi) is 6.34. The molecular weight excluding hydrogens is 504 g/mol. The van der Waals surface area contributed by atoms with Gasteiger partial charge in [0.1, 0.15) is 12.4 Å². The number of alkyl halides is 6. The monoisotopic (exact) mass is 525 g/mol. The van der Waals surface area contributed by atoms with Gasteiger partial charge in [-0.15, -0.1) is 0 Å². The van der Waals surface area contributed by atoms with Gasteiger partial charge >= 0.3 is 12.4 Å². The van der Waals surface area contributed by atoms with Gasteiger partial charge in [-0.25, -0.2) is 0 Å². The van der Waals surface area contributed by atoms with Crippen LogP contribution in [0.25, 0.3) is 11.3 Å². The van der Waals surface area contributed by atoms with Crippen LogP contribution in [0.15, 0.2) is 42.6 Å². The highest BCUT2D eigenvalue weighted by atomic mass is 19.4. The normalized spacial score (nSPS) is 18.1. The first-order valence-electron chi connectivity index (χ1n) is 11.4. The minimum absolute atomic E-state index is 0.0163.